The first-order valence-corrected chi connectivity index (χ1v) is 6.47. The first-order chi connectivity index (χ1) is 7.79. The van der Waals surface area contributed by atoms with Crippen LogP contribution in [0.5, 0.6) is 0 Å². The van der Waals surface area contributed by atoms with Crippen molar-refractivity contribution < 1.29 is 0 Å². The molecule has 0 spiro atoms. The monoisotopic (exact) mass is 230 g/mol. The molecule has 1 aromatic rings. The minimum atomic E-state index is 0. The summed E-state index contributed by atoms with van der Waals surface area (Å²) in [6.07, 6.45) is 8.77. The van der Waals surface area contributed by atoms with E-state index in [4.69, 9.17) is 0 Å². The van der Waals surface area contributed by atoms with Crippen molar-refractivity contribution in [3.63, 3.8) is 0 Å². The smallest absolute Gasteiger partial charge is 0.0162 e. The van der Waals surface area contributed by atoms with Crippen LogP contribution >= 0.6 is 0 Å². The topological polar surface area (TPSA) is 0 Å². The van der Waals surface area contributed by atoms with Gasteiger partial charge in [0.2, 0.25) is 0 Å². The second kappa shape index (κ2) is 6.64. The highest BCUT2D eigenvalue weighted by Crippen LogP contribution is 2.37. The molecule has 1 fully saturated rings. The van der Waals surface area contributed by atoms with Crippen LogP contribution in [-0.4, -0.2) is 0 Å². The van der Waals surface area contributed by atoms with Crippen LogP contribution in [0.25, 0.3) is 0 Å². The van der Waals surface area contributed by atoms with Crippen LogP contribution in [0.1, 0.15) is 56.6 Å². The first kappa shape index (κ1) is 14.0. The van der Waals surface area contributed by atoms with Crippen molar-refractivity contribution in [2.45, 2.75) is 52.4 Å². The minimum Gasteiger partial charge on any atom is -0.103 e. The number of benzene rings is 1. The van der Waals surface area contributed by atoms with E-state index in [-0.39, 0.29) is 7.43 Å². The van der Waals surface area contributed by atoms with Crippen LogP contribution in [0.2, 0.25) is 0 Å². The SMILES string of the molecule is C.C=CCC1CCC(c2ccc(C)cc2)CC1. The molecule has 1 aliphatic carbocycles. The fourth-order valence-electron chi connectivity index (χ4n) is 2.81. The molecule has 94 valence electrons. The highest BCUT2D eigenvalue weighted by atomic mass is 14.3. The van der Waals surface area contributed by atoms with Crippen molar-refractivity contribution in [3.05, 3.63) is 48.0 Å². The Morgan fingerprint density at radius 2 is 1.71 bits per heavy atom. The van der Waals surface area contributed by atoms with Gasteiger partial charge in [0.25, 0.3) is 0 Å². The standard InChI is InChI=1S/C16H22.CH4/c1-3-4-14-7-11-16(12-8-14)15-9-5-13(2)6-10-15;/h3,5-6,9-10,14,16H,1,4,7-8,11-12H2,2H3;1H4. The maximum absolute atomic E-state index is 3.84. The van der Waals surface area contributed by atoms with E-state index in [0.717, 1.165) is 11.8 Å². The van der Waals surface area contributed by atoms with Gasteiger partial charge in [0, 0.05) is 0 Å². The van der Waals surface area contributed by atoms with Gasteiger partial charge in [-0.3, -0.25) is 0 Å². The molecule has 0 bridgehead atoms. The zero-order valence-electron chi connectivity index (χ0n) is 10.3. The third kappa shape index (κ3) is 3.73. The molecule has 0 nitrogen and oxygen atoms in total. The minimum absolute atomic E-state index is 0. The number of rotatable bonds is 3. The summed E-state index contributed by atoms with van der Waals surface area (Å²) in [5, 5.41) is 0. The molecule has 0 N–H and O–H groups in total. The summed E-state index contributed by atoms with van der Waals surface area (Å²) < 4.78 is 0. The molecular weight excluding hydrogens is 204 g/mol. The Morgan fingerprint density at radius 3 is 2.24 bits per heavy atom. The third-order valence-corrected chi connectivity index (χ3v) is 3.90. The van der Waals surface area contributed by atoms with Crippen LogP contribution < -0.4 is 0 Å². The summed E-state index contributed by atoms with van der Waals surface area (Å²) in [7, 11) is 0. The Hall–Kier alpha value is -1.04. The Labute approximate surface area is 107 Å². The lowest BCUT2D eigenvalue weighted by Gasteiger charge is -2.28. The quantitative estimate of drug-likeness (QED) is 0.603. The van der Waals surface area contributed by atoms with E-state index in [2.05, 4.69) is 43.8 Å². The van der Waals surface area contributed by atoms with Crippen LogP contribution in [0.3, 0.4) is 0 Å². The normalized spacial score (nSPS) is 23.8. The number of aryl methyl sites for hydroxylation is 1. The predicted octanol–water partition coefficient (Wildman–Crippen LogP) is 5.48. The van der Waals surface area contributed by atoms with E-state index in [1.165, 1.54) is 37.7 Å². The molecule has 0 radical (unpaired) electrons. The molecule has 0 heteroatoms. The zero-order chi connectivity index (χ0) is 11.4. The number of hydrogen-bond acceptors (Lipinski definition) is 0. The second-order valence-corrected chi connectivity index (χ2v) is 5.15. The van der Waals surface area contributed by atoms with E-state index in [1.54, 1.807) is 5.56 Å². The highest BCUT2D eigenvalue weighted by molar-refractivity contribution is 5.24. The molecule has 0 aliphatic heterocycles. The van der Waals surface area contributed by atoms with E-state index < -0.39 is 0 Å². The third-order valence-electron chi connectivity index (χ3n) is 3.90. The van der Waals surface area contributed by atoms with Gasteiger partial charge in [-0.05, 0) is 56.4 Å². The predicted molar refractivity (Wildman–Crippen MR) is 77.4 cm³/mol. The van der Waals surface area contributed by atoms with Crippen molar-refractivity contribution in [1.82, 2.24) is 0 Å². The van der Waals surface area contributed by atoms with Crippen molar-refractivity contribution in [1.29, 1.82) is 0 Å². The first-order valence-electron chi connectivity index (χ1n) is 6.47. The van der Waals surface area contributed by atoms with E-state index >= 15 is 0 Å². The Kier molecular flexibility index (Phi) is 5.47. The number of hydrogen-bond donors (Lipinski definition) is 0. The molecule has 1 aromatic carbocycles. The fourth-order valence-corrected chi connectivity index (χ4v) is 2.81. The second-order valence-electron chi connectivity index (χ2n) is 5.15. The van der Waals surface area contributed by atoms with Gasteiger partial charge in [-0.1, -0.05) is 43.3 Å². The maximum atomic E-state index is 3.84. The van der Waals surface area contributed by atoms with Gasteiger partial charge in [-0.25, -0.2) is 0 Å². The van der Waals surface area contributed by atoms with E-state index in [1.807, 2.05) is 0 Å². The number of allylic oxidation sites excluding steroid dienone is 1. The average Bonchev–Trinajstić information content (AvgIpc) is 2.32. The largest absolute Gasteiger partial charge is 0.103 e. The molecule has 0 heterocycles. The van der Waals surface area contributed by atoms with Gasteiger partial charge < -0.3 is 0 Å². The fraction of sp³-hybridized carbons (Fsp3) is 0.529. The zero-order valence-corrected chi connectivity index (χ0v) is 10.3. The lowest BCUT2D eigenvalue weighted by Crippen LogP contribution is -2.12. The van der Waals surface area contributed by atoms with Gasteiger partial charge >= 0.3 is 0 Å². The Balaban J connectivity index is 0.00000144. The van der Waals surface area contributed by atoms with Crippen LogP contribution in [-0.2, 0) is 0 Å². The van der Waals surface area contributed by atoms with Crippen molar-refractivity contribution in [2.24, 2.45) is 5.92 Å². The van der Waals surface area contributed by atoms with Crippen molar-refractivity contribution in [3.8, 4) is 0 Å². The molecule has 0 amide bonds. The average molecular weight is 230 g/mol. The summed E-state index contributed by atoms with van der Waals surface area (Å²) in [6, 6.07) is 9.11. The van der Waals surface area contributed by atoms with Gasteiger partial charge in [-0.15, -0.1) is 6.58 Å². The van der Waals surface area contributed by atoms with E-state index in [9.17, 15) is 0 Å². The van der Waals surface area contributed by atoms with Crippen molar-refractivity contribution >= 4 is 0 Å². The molecule has 1 aliphatic rings. The van der Waals surface area contributed by atoms with Crippen LogP contribution in [0.15, 0.2) is 36.9 Å². The lowest BCUT2D eigenvalue weighted by molar-refractivity contribution is 0.328. The molecule has 2 rings (SSSR count). The molecule has 0 aromatic heterocycles. The maximum Gasteiger partial charge on any atom is -0.0162 e. The summed E-state index contributed by atoms with van der Waals surface area (Å²) in [5.41, 5.74) is 2.91. The van der Waals surface area contributed by atoms with Gasteiger partial charge in [0.15, 0.2) is 0 Å². The molecule has 0 unspecified atom stereocenters. The molecular formula is C17H26. The molecule has 0 atom stereocenters. The van der Waals surface area contributed by atoms with Gasteiger partial charge in [-0.2, -0.15) is 0 Å². The highest BCUT2D eigenvalue weighted by Gasteiger charge is 2.21. The van der Waals surface area contributed by atoms with Crippen molar-refractivity contribution in [2.75, 3.05) is 0 Å². The van der Waals surface area contributed by atoms with Crippen LogP contribution in [0, 0.1) is 12.8 Å². The Bertz CT molecular complexity index is 326. The van der Waals surface area contributed by atoms with E-state index in [0.29, 0.717) is 0 Å². The molecule has 1 saturated carbocycles. The Morgan fingerprint density at radius 1 is 1.12 bits per heavy atom. The summed E-state index contributed by atoms with van der Waals surface area (Å²) in [5.74, 6) is 1.71. The van der Waals surface area contributed by atoms with Gasteiger partial charge in [0.1, 0.15) is 0 Å². The summed E-state index contributed by atoms with van der Waals surface area (Å²) >= 11 is 0. The van der Waals surface area contributed by atoms with Crippen LogP contribution in [0.4, 0.5) is 0 Å². The summed E-state index contributed by atoms with van der Waals surface area (Å²) in [4.78, 5) is 0. The van der Waals surface area contributed by atoms with Gasteiger partial charge in [0.05, 0.1) is 0 Å². The molecule has 17 heavy (non-hydrogen) atoms. The summed E-state index contributed by atoms with van der Waals surface area (Å²) in [6.45, 7) is 6.00. The molecule has 0 saturated heterocycles. The lowest BCUT2D eigenvalue weighted by atomic mass is 9.77.